The first kappa shape index (κ1) is 11.4. The van der Waals surface area contributed by atoms with E-state index >= 15 is 0 Å². The fraction of sp³-hybridized carbons (Fsp3) is 0.357. The first-order valence-electron chi connectivity index (χ1n) is 6.27. The van der Waals surface area contributed by atoms with Gasteiger partial charge in [0.05, 0.1) is 18.5 Å². The number of H-pyrrole nitrogens is 1. The third-order valence-electron chi connectivity index (χ3n) is 3.19. The fourth-order valence-corrected chi connectivity index (χ4v) is 2.12. The highest BCUT2D eigenvalue weighted by atomic mass is 16.5. The minimum Gasteiger partial charge on any atom is -0.368 e. The van der Waals surface area contributed by atoms with Gasteiger partial charge in [-0.15, -0.1) is 0 Å². The van der Waals surface area contributed by atoms with Gasteiger partial charge in [0.25, 0.3) is 0 Å². The molecule has 1 saturated heterocycles. The largest absolute Gasteiger partial charge is 0.368 e. The number of aromatic nitrogens is 2. The van der Waals surface area contributed by atoms with Gasteiger partial charge in [-0.2, -0.15) is 0 Å². The summed E-state index contributed by atoms with van der Waals surface area (Å²) in [6, 6.07) is 8.42. The van der Waals surface area contributed by atoms with Crippen LogP contribution in [-0.4, -0.2) is 29.7 Å². The summed E-state index contributed by atoms with van der Waals surface area (Å²) in [6.07, 6.45) is 1.91. The molecule has 1 aliphatic rings. The number of morpholine rings is 1. The summed E-state index contributed by atoms with van der Waals surface area (Å²) in [5.74, 6) is 0.901. The van der Waals surface area contributed by atoms with Crippen molar-refractivity contribution >= 4 is 0 Å². The number of hydrogen-bond donors (Lipinski definition) is 2. The third kappa shape index (κ3) is 2.30. The number of aromatic amines is 1. The molecule has 1 fully saturated rings. The number of ether oxygens (including phenoxy) is 1. The molecule has 0 amide bonds. The number of imidazole rings is 1. The topological polar surface area (TPSA) is 49.9 Å². The highest BCUT2D eigenvalue weighted by Gasteiger charge is 2.18. The minimum atomic E-state index is 0.0398. The van der Waals surface area contributed by atoms with Crippen LogP contribution in [0.25, 0.3) is 11.3 Å². The van der Waals surface area contributed by atoms with Gasteiger partial charge in [0.15, 0.2) is 0 Å². The molecule has 0 radical (unpaired) electrons. The number of nitrogens with one attached hydrogen (secondary N) is 2. The molecule has 2 heterocycles. The van der Waals surface area contributed by atoms with Gasteiger partial charge >= 0.3 is 0 Å². The van der Waals surface area contributed by atoms with E-state index in [2.05, 4.69) is 46.5 Å². The van der Waals surface area contributed by atoms with Gasteiger partial charge in [0.2, 0.25) is 0 Å². The Kier molecular flexibility index (Phi) is 3.13. The van der Waals surface area contributed by atoms with Crippen molar-refractivity contribution in [1.29, 1.82) is 0 Å². The van der Waals surface area contributed by atoms with E-state index in [0.717, 1.165) is 36.8 Å². The van der Waals surface area contributed by atoms with Crippen LogP contribution in [-0.2, 0) is 4.74 Å². The summed E-state index contributed by atoms with van der Waals surface area (Å²) in [4.78, 5) is 7.76. The van der Waals surface area contributed by atoms with Gasteiger partial charge in [-0.05, 0) is 12.5 Å². The number of benzene rings is 1. The molecule has 4 nitrogen and oxygen atoms in total. The highest BCUT2D eigenvalue weighted by Crippen LogP contribution is 2.21. The van der Waals surface area contributed by atoms with E-state index in [9.17, 15) is 0 Å². The molecule has 3 rings (SSSR count). The van der Waals surface area contributed by atoms with Gasteiger partial charge in [-0.1, -0.05) is 29.8 Å². The van der Waals surface area contributed by atoms with Crippen molar-refractivity contribution in [1.82, 2.24) is 15.3 Å². The van der Waals surface area contributed by atoms with Crippen LogP contribution in [0.4, 0.5) is 0 Å². The summed E-state index contributed by atoms with van der Waals surface area (Å²) >= 11 is 0. The van der Waals surface area contributed by atoms with Crippen LogP contribution >= 0.6 is 0 Å². The second-order valence-electron chi connectivity index (χ2n) is 4.61. The summed E-state index contributed by atoms with van der Waals surface area (Å²) in [5.41, 5.74) is 3.46. The Labute approximate surface area is 106 Å². The number of nitrogens with zero attached hydrogens (tertiary/aromatic N) is 1. The lowest BCUT2D eigenvalue weighted by atomic mass is 10.1. The van der Waals surface area contributed by atoms with Crippen molar-refractivity contribution in [2.45, 2.75) is 13.0 Å². The normalized spacial score (nSPS) is 19.9. The molecule has 0 spiro atoms. The van der Waals surface area contributed by atoms with Crippen LogP contribution in [0.3, 0.4) is 0 Å². The fourth-order valence-electron chi connectivity index (χ4n) is 2.12. The lowest BCUT2D eigenvalue weighted by Crippen LogP contribution is -2.33. The zero-order valence-corrected chi connectivity index (χ0v) is 10.4. The van der Waals surface area contributed by atoms with Gasteiger partial charge in [-0.25, -0.2) is 4.98 Å². The molecule has 2 N–H and O–H groups in total. The first-order valence-corrected chi connectivity index (χ1v) is 6.27. The summed E-state index contributed by atoms with van der Waals surface area (Å²) in [6.45, 7) is 4.57. The van der Waals surface area contributed by atoms with Crippen molar-refractivity contribution < 1.29 is 4.74 Å². The molecule has 18 heavy (non-hydrogen) atoms. The van der Waals surface area contributed by atoms with E-state index < -0.39 is 0 Å². The molecule has 1 unspecified atom stereocenters. The van der Waals surface area contributed by atoms with Crippen molar-refractivity contribution in [3.8, 4) is 11.3 Å². The molecule has 1 aromatic carbocycles. The molecule has 1 aliphatic heterocycles. The summed E-state index contributed by atoms with van der Waals surface area (Å²) < 4.78 is 5.68. The van der Waals surface area contributed by atoms with E-state index in [1.54, 1.807) is 0 Å². The molecule has 0 bridgehead atoms. The lowest BCUT2D eigenvalue weighted by molar-refractivity contribution is 0.0227. The van der Waals surface area contributed by atoms with Crippen LogP contribution in [0, 0.1) is 6.92 Å². The van der Waals surface area contributed by atoms with Crippen LogP contribution in [0.2, 0.25) is 0 Å². The van der Waals surface area contributed by atoms with Crippen molar-refractivity contribution in [3.05, 3.63) is 41.9 Å². The van der Waals surface area contributed by atoms with E-state index in [1.807, 2.05) is 6.20 Å². The Balaban J connectivity index is 1.82. The molecular weight excluding hydrogens is 226 g/mol. The van der Waals surface area contributed by atoms with E-state index in [0.29, 0.717) is 0 Å². The number of hydrogen-bond acceptors (Lipinski definition) is 3. The standard InChI is InChI=1S/C14H17N3O/c1-10-2-4-11(5-3-10)12-8-16-14(17-12)13-9-15-6-7-18-13/h2-5,8,13,15H,6-7,9H2,1H3,(H,16,17). The number of rotatable bonds is 2. The lowest BCUT2D eigenvalue weighted by Gasteiger charge is -2.21. The Morgan fingerprint density at radius 2 is 2.11 bits per heavy atom. The average Bonchev–Trinajstić information content (AvgIpc) is 2.90. The molecule has 0 aliphatic carbocycles. The molecule has 1 atom stereocenters. The second-order valence-corrected chi connectivity index (χ2v) is 4.61. The predicted octanol–water partition coefficient (Wildman–Crippen LogP) is 2.05. The van der Waals surface area contributed by atoms with Crippen molar-refractivity contribution in [3.63, 3.8) is 0 Å². The van der Waals surface area contributed by atoms with Crippen LogP contribution in [0.15, 0.2) is 30.5 Å². The van der Waals surface area contributed by atoms with E-state index in [1.165, 1.54) is 5.56 Å². The maximum atomic E-state index is 5.68. The monoisotopic (exact) mass is 243 g/mol. The Hall–Kier alpha value is -1.65. The zero-order valence-electron chi connectivity index (χ0n) is 10.4. The average molecular weight is 243 g/mol. The molecule has 2 aromatic rings. The van der Waals surface area contributed by atoms with Crippen LogP contribution in [0.1, 0.15) is 17.5 Å². The van der Waals surface area contributed by atoms with E-state index in [-0.39, 0.29) is 6.10 Å². The predicted molar refractivity (Wildman–Crippen MR) is 70.3 cm³/mol. The Morgan fingerprint density at radius 1 is 1.28 bits per heavy atom. The SMILES string of the molecule is Cc1ccc(-c2cnc(C3CNCCO3)[nH]2)cc1. The van der Waals surface area contributed by atoms with Gasteiger partial charge in [-0.3, -0.25) is 0 Å². The zero-order chi connectivity index (χ0) is 12.4. The molecule has 0 saturated carbocycles. The summed E-state index contributed by atoms with van der Waals surface area (Å²) in [7, 11) is 0. The maximum Gasteiger partial charge on any atom is 0.137 e. The Morgan fingerprint density at radius 3 is 2.83 bits per heavy atom. The number of aryl methyl sites for hydroxylation is 1. The van der Waals surface area contributed by atoms with Gasteiger partial charge in [0, 0.05) is 13.1 Å². The smallest absolute Gasteiger partial charge is 0.137 e. The van der Waals surface area contributed by atoms with Gasteiger partial charge < -0.3 is 15.0 Å². The molecular formula is C14H17N3O. The van der Waals surface area contributed by atoms with E-state index in [4.69, 9.17) is 4.74 Å². The second kappa shape index (κ2) is 4.92. The maximum absolute atomic E-state index is 5.68. The van der Waals surface area contributed by atoms with Gasteiger partial charge in [0.1, 0.15) is 11.9 Å². The first-order chi connectivity index (χ1) is 8.83. The molecule has 4 heteroatoms. The van der Waals surface area contributed by atoms with Crippen LogP contribution in [0.5, 0.6) is 0 Å². The minimum absolute atomic E-state index is 0.0398. The summed E-state index contributed by atoms with van der Waals surface area (Å²) in [5, 5.41) is 3.30. The third-order valence-corrected chi connectivity index (χ3v) is 3.19. The van der Waals surface area contributed by atoms with Crippen LogP contribution < -0.4 is 5.32 Å². The quantitative estimate of drug-likeness (QED) is 0.848. The van der Waals surface area contributed by atoms with Crippen molar-refractivity contribution in [2.75, 3.05) is 19.7 Å². The Bertz CT molecular complexity index is 512. The van der Waals surface area contributed by atoms with Crippen molar-refractivity contribution in [2.24, 2.45) is 0 Å². The highest BCUT2D eigenvalue weighted by molar-refractivity contribution is 5.58. The molecule has 1 aromatic heterocycles. The molecule has 94 valence electrons.